The fraction of sp³-hybridized carbons (Fsp3) is 0.952. The topological polar surface area (TPSA) is 52.6 Å². The van der Waals surface area contributed by atoms with Gasteiger partial charge in [-0.2, -0.15) is 0 Å². The molecule has 46 heavy (non-hydrogen) atoms. The molecule has 0 atom stereocenters. The van der Waals surface area contributed by atoms with Crippen LogP contribution in [0.1, 0.15) is 245 Å². The third kappa shape index (κ3) is 39.1. The fourth-order valence-corrected chi connectivity index (χ4v) is 6.36. The summed E-state index contributed by atoms with van der Waals surface area (Å²) in [7, 11) is 0. The SMILES string of the molecule is CCCCCCCCCCCCCOC(=O)CCCCCCCCCCCCCCC(=O)OCCCCCCCCCCCCC. The molecule has 0 aliphatic carbocycles. The average Bonchev–Trinajstić information content (AvgIpc) is 3.05. The molecule has 0 rings (SSSR count). The van der Waals surface area contributed by atoms with Crippen molar-refractivity contribution >= 4 is 11.9 Å². The molecule has 0 aliphatic rings. The molecule has 0 heterocycles. The molecule has 0 aromatic heterocycles. The second-order valence-corrected chi connectivity index (χ2v) is 14.3. The van der Waals surface area contributed by atoms with Crippen LogP contribution in [0.4, 0.5) is 0 Å². The van der Waals surface area contributed by atoms with E-state index < -0.39 is 0 Å². The van der Waals surface area contributed by atoms with E-state index in [1.165, 1.54) is 180 Å². The van der Waals surface area contributed by atoms with Crippen LogP contribution in [-0.4, -0.2) is 25.2 Å². The van der Waals surface area contributed by atoms with Crippen molar-refractivity contribution in [3.8, 4) is 0 Å². The molecule has 0 aromatic carbocycles. The highest BCUT2D eigenvalue weighted by Crippen LogP contribution is 2.15. The van der Waals surface area contributed by atoms with Crippen LogP contribution in [0.2, 0.25) is 0 Å². The van der Waals surface area contributed by atoms with E-state index in [1.54, 1.807) is 0 Å². The standard InChI is InChI=1S/C42H82O4/c1-3-5-7-9-11-13-19-23-27-31-35-39-45-41(43)37-33-29-25-21-17-15-16-18-22-26-30-34-38-42(44)46-40-36-32-28-24-20-14-12-10-8-6-4-2/h3-40H2,1-2H3. The molecule has 0 radical (unpaired) electrons. The lowest BCUT2D eigenvalue weighted by atomic mass is 10.0. The molecule has 4 nitrogen and oxygen atoms in total. The molecule has 0 amide bonds. The van der Waals surface area contributed by atoms with Crippen molar-refractivity contribution in [2.75, 3.05) is 13.2 Å². The zero-order chi connectivity index (χ0) is 33.4. The van der Waals surface area contributed by atoms with Gasteiger partial charge in [0.2, 0.25) is 0 Å². The number of ether oxygens (including phenoxy) is 2. The number of hydrogen-bond donors (Lipinski definition) is 0. The molecule has 0 bridgehead atoms. The predicted molar refractivity (Wildman–Crippen MR) is 199 cm³/mol. The van der Waals surface area contributed by atoms with Crippen LogP contribution in [0, 0.1) is 0 Å². The quantitative estimate of drug-likeness (QED) is 0.0490. The molecule has 4 heteroatoms. The molecule has 0 N–H and O–H groups in total. The lowest BCUT2D eigenvalue weighted by molar-refractivity contribution is -0.144. The maximum absolute atomic E-state index is 11.9. The van der Waals surface area contributed by atoms with Gasteiger partial charge in [0.05, 0.1) is 13.2 Å². The molecule has 0 aromatic rings. The Labute approximate surface area is 288 Å². The zero-order valence-corrected chi connectivity index (χ0v) is 31.5. The van der Waals surface area contributed by atoms with Gasteiger partial charge >= 0.3 is 11.9 Å². The first kappa shape index (κ1) is 44.9. The van der Waals surface area contributed by atoms with Crippen molar-refractivity contribution in [1.82, 2.24) is 0 Å². The minimum absolute atomic E-state index is 0.00329. The summed E-state index contributed by atoms with van der Waals surface area (Å²) in [6.45, 7) is 5.77. The van der Waals surface area contributed by atoms with E-state index in [9.17, 15) is 9.59 Å². The van der Waals surface area contributed by atoms with Gasteiger partial charge in [-0.05, 0) is 25.7 Å². The maximum Gasteiger partial charge on any atom is 0.305 e. The molecule has 0 saturated carbocycles. The minimum Gasteiger partial charge on any atom is -0.466 e. The molecule has 0 aliphatic heterocycles. The van der Waals surface area contributed by atoms with E-state index in [-0.39, 0.29) is 11.9 Å². The van der Waals surface area contributed by atoms with Crippen LogP contribution >= 0.6 is 0 Å². The third-order valence-corrected chi connectivity index (χ3v) is 9.53. The normalized spacial score (nSPS) is 11.3. The first-order valence-corrected chi connectivity index (χ1v) is 21.0. The largest absolute Gasteiger partial charge is 0.466 e. The average molecular weight is 651 g/mol. The Morgan fingerprint density at radius 3 is 0.717 bits per heavy atom. The number of rotatable bonds is 39. The Balaban J connectivity index is 3.21. The first-order valence-electron chi connectivity index (χ1n) is 21.0. The summed E-state index contributed by atoms with van der Waals surface area (Å²) in [5, 5.41) is 0. The summed E-state index contributed by atoms with van der Waals surface area (Å²) >= 11 is 0. The van der Waals surface area contributed by atoms with E-state index in [1.807, 2.05) is 0 Å². The fourth-order valence-electron chi connectivity index (χ4n) is 6.36. The summed E-state index contributed by atoms with van der Waals surface area (Å²) in [4.78, 5) is 23.9. The van der Waals surface area contributed by atoms with Gasteiger partial charge in [-0.1, -0.05) is 206 Å². The molecule has 274 valence electrons. The summed E-state index contributed by atoms with van der Waals surface area (Å²) in [6, 6.07) is 0. The second kappa shape index (κ2) is 40.1. The number of hydrogen-bond acceptors (Lipinski definition) is 4. The van der Waals surface area contributed by atoms with Crippen molar-refractivity contribution in [2.24, 2.45) is 0 Å². The lowest BCUT2D eigenvalue weighted by Gasteiger charge is -2.06. The molecule has 0 unspecified atom stereocenters. The Bertz CT molecular complexity index is 552. The van der Waals surface area contributed by atoms with Gasteiger partial charge in [-0.3, -0.25) is 9.59 Å². The van der Waals surface area contributed by atoms with Crippen molar-refractivity contribution < 1.29 is 19.1 Å². The van der Waals surface area contributed by atoms with Crippen molar-refractivity contribution in [1.29, 1.82) is 0 Å². The van der Waals surface area contributed by atoms with Crippen LogP contribution in [0.15, 0.2) is 0 Å². The van der Waals surface area contributed by atoms with E-state index in [0.29, 0.717) is 26.1 Å². The summed E-state index contributed by atoms with van der Waals surface area (Å²) in [5.41, 5.74) is 0. The van der Waals surface area contributed by atoms with Crippen LogP contribution in [0.25, 0.3) is 0 Å². The van der Waals surface area contributed by atoms with E-state index >= 15 is 0 Å². The van der Waals surface area contributed by atoms with Crippen LogP contribution in [-0.2, 0) is 19.1 Å². The van der Waals surface area contributed by atoms with Gasteiger partial charge in [0.1, 0.15) is 0 Å². The number of unbranched alkanes of at least 4 members (excludes halogenated alkanes) is 31. The van der Waals surface area contributed by atoms with Gasteiger partial charge in [0, 0.05) is 12.8 Å². The van der Waals surface area contributed by atoms with Gasteiger partial charge in [0.15, 0.2) is 0 Å². The van der Waals surface area contributed by atoms with Gasteiger partial charge < -0.3 is 9.47 Å². The van der Waals surface area contributed by atoms with Crippen molar-refractivity contribution in [2.45, 2.75) is 245 Å². The lowest BCUT2D eigenvalue weighted by Crippen LogP contribution is -2.05. The van der Waals surface area contributed by atoms with Crippen molar-refractivity contribution in [3.05, 3.63) is 0 Å². The second-order valence-electron chi connectivity index (χ2n) is 14.3. The molecule has 0 spiro atoms. The smallest absolute Gasteiger partial charge is 0.305 e. The maximum atomic E-state index is 11.9. The highest BCUT2D eigenvalue weighted by Gasteiger charge is 2.04. The number of esters is 2. The minimum atomic E-state index is 0.00329. The van der Waals surface area contributed by atoms with Crippen LogP contribution in [0.3, 0.4) is 0 Å². The van der Waals surface area contributed by atoms with E-state index in [4.69, 9.17) is 9.47 Å². The zero-order valence-electron chi connectivity index (χ0n) is 31.5. The third-order valence-electron chi connectivity index (χ3n) is 9.53. The van der Waals surface area contributed by atoms with Gasteiger partial charge in [-0.25, -0.2) is 0 Å². The predicted octanol–water partition coefficient (Wildman–Crippen LogP) is 14.2. The van der Waals surface area contributed by atoms with E-state index in [2.05, 4.69) is 13.8 Å². The molecular formula is C42H82O4. The molecular weight excluding hydrogens is 568 g/mol. The van der Waals surface area contributed by atoms with Gasteiger partial charge in [-0.15, -0.1) is 0 Å². The summed E-state index contributed by atoms with van der Waals surface area (Å²) in [5.74, 6) is 0.00659. The van der Waals surface area contributed by atoms with Crippen LogP contribution in [0.5, 0.6) is 0 Å². The molecule has 0 fully saturated rings. The van der Waals surface area contributed by atoms with Gasteiger partial charge in [0.25, 0.3) is 0 Å². The first-order chi connectivity index (χ1) is 22.7. The highest BCUT2D eigenvalue weighted by molar-refractivity contribution is 5.69. The Morgan fingerprint density at radius 1 is 0.283 bits per heavy atom. The summed E-state index contributed by atoms with van der Waals surface area (Å²) < 4.78 is 10.9. The molecule has 0 saturated heterocycles. The van der Waals surface area contributed by atoms with Crippen molar-refractivity contribution in [3.63, 3.8) is 0 Å². The Kier molecular flexibility index (Phi) is 39.2. The summed E-state index contributed by atoms with van der Waals surface area (Å²) in [6.07, 6.45) is 44.8. The Morgan fingerprint density at radius 2 is 0.478 bits per heavy atom. The monoisotopic (exact) mass is 651 g/mol. The highest BCUT2D eigenvalue weighted by atomic mass is 16.5. The Hall–Kier alpha value is -1.06. The number of carbonyl (C=O) groups is 2. The van der Waals surface area contributed by atoms with Crippen LogP contribution < -0.4 is 0 Å². The number of carbonyl (C=O) groups excluding carboxylic acids is 2. The van der Waals surface area contributed by atoms with E-state index in [0.717, 1.165) is 38.5 Å².